The van der Waals surface area contributed by atoms with Gasteiger partial charge >= 0.3 is 5.97 Å². The summed E-state index contributed by atoms with van der Waals surface area (Å²) in [5.41, 5.74) is 3.24. The first kappa shape index (κ1) is 15.2. The summed E-state index contributed by atoms with van der Waals surface area (Å²) in [6.07, 6.45) is 0. The molecule has 0 spiro atoms. The second-order valence-corrected chi connectivity index (χ2v) is 6.03. The molecule has 1 heterocycles. The lowest BCUT2D eigenvalue weighted by Gasteiger charge is -2.10. The smallest absolute Gasteiger partial charge is 0.355 e. The maximum atomic E-state index is 10.9. The summed E-state index contributed by atoms with van der Waals surface area (Å²) in [4.78, 5) is 15.0. The van der Waals surface area contributed by atoms with E-state index in [1.54, 1.807) is 0 Å². The van der Waals surface area contributed by atoms with Gasteiger partial charge < -0.3 is 9.84 Å². The number of carboxylic acids is 1. The van der Waals surface area contributed by atoms with Crippen molar-refractivity contribution in [1.29, 1.82) is 0 Å². The molecule has 0 saturated heterocycles. The molecule has 3 aromatic rings. The lowest BCUT2D eigenvalue weighted by atomic mass is 10.1. The summed E-state index contributed by atoms with van der Waals surface area (Å²) in [6, 6.07) is 13.4. The first-order valence-corrected chi connectivity index (χ1v) is 7.96. The number of nitrogens with zero attached hydrogens (tertiary/aromatic N) is 1. The van der Waals surface area contributed by atoms with E-state index in [9.17, 15) is 4.79 Å². The van der Waals surface area contributed by atoms with Gasteiger partial charge in [-0.05, 0) is 55.3 Å². The Hall–Kier alpha value is -2.66. The predicted molar refractivity (Wildman–Crippen MR) is 90.5 cm³/mol. The Kier molecular flexibility index (Phi) is 4.12. The second-order valence-electron chi connectivity index (χ2n) is 5.17. The van der Waals surface area contributed by atoms with Crippen molar-refractivity contribution in [3.05, 3.63) is 64.7 Å². The van der Waals surface area contributed by atoms with Crippen molar-refractivity contribution in [2.24, 2.45) is 0 Å². The lowest BCUT2D eigenvalue weighted by Crippen LogP contribution is -1.95. The van der Waals surface area contributed by atoms with Crippen LogP contribution in [-0.4, -0.2) is 16.1 Å². The molecule has 0 aliphatic carbocycles. The summed E-state index contributed by atoms with van der Waals surface area (Å²) < 4.78 is 5.91. The molecule has 0 radical (unpaired) electrons. The normalized spacial score (nSPS) is 10.5. The number of aromatic nitrogens is 1. The molecule has 0 unspecified atom stereocenters. The molecule has 0 aliphatic heterocycles. The van der Waals surface area contributed by atoms with Gasteiger partial charge in [-0.2, -0.15) is 0 Å². The zero-order valence-electron chi connectivity index (χ0n) is 12.7. The number of ether oxygens (including phenoxy) is 1. The molecule has 4 nitrogen and oxygen atoms in total. The number of carboxylic acid groups (broad SMARTS) is 1. The Bertz CT molecular complexity index is 853. The number of carbonyl (C=O) groups is 1. The second kappa shape index (κ2) is 6.22. The van der Waals surface area contributed by atoms with E-state index in [2.05, 4.69) is 4.98 Å². The van der Waals surface area contributed by atoms with Crippen LogP contribution in [-0.2, 0) is 0 Å². The predicted octanol–water partition coefficient (Wildman–Crippen LogP) is 4.92. The minimum atomic E-state index is -1.01. The van der Waals surface area contributed by atoms with Gasteiger partial charge in [-0.1, -0.05) is 12.1 Å². The third-order valence-electron chi connectivity index (χ3n) is 3.61. The molecule has 0 fully saturated rings. The van der Waals surface area contributed by atoms with E-state index in [-0.39, 0.29) is 5.69 Å². The minimum Gasteiger partial charge on any atom is -0.476 e. The highest BCUT2D eigenvalue weighted by molar-refractivity contribution is 7.13. The Morgan fingerprint density at radius 3 is 2.52 bits per heavy atom. The van der Waals surface area contributed by atoms with Crippen LogP contribution in [0.4, 0.5) is 0 Å². The van der Waals surface area contributed by atoms with Crippen LogP contribution < -0.4 is 4.74 Å². The highest BCUT2D eigenvalue weighted by Gasteiger charge is 2.10. The molecule has 0 atom stereocenters. The van der Waals surface area contributed by atoms with Gasteiger partial charge in [0, 0.05) is 10.9 Å². The summed E-state index contributed by atoms with van der Waals surface area (Å²) in [5.74, 6) is 0.556. The summed E-state index contributed by atoms with van der Waals surface area (Å²) in [5, 5.41) is 11.1. The van der Waals surface area contributed by atoms with E-state index in [4.69, 9.17) is 9.84 Å². The van der Waals surface area contributed by atoms with E-state index >= 15 is 0 Å². The van der Waals surface area contributed by atoms with E-state index in [1.165, 1.54) is 22.3 Å². The number of thiazole rings is 1. The third kappa shape index (κ3) is 3.24. The maximum absolute atomic E-state index is 10.9. The fourth-order valence-corrected chi connectivity index (χ4v) is 2.93. The van der Waals surface area contributed by atoms with Crippen LogP contribution in [0, 0.1) is 13.8 Å². The molecule has 5 heteroatoms. The van der Waals surface area contributed by atoms with Crippen LogP contribution in [0.2, 0.25) is 0 Å². The molecular weight excluding hydrogens is 310 g/mol. The van der Waals surface area contributed by atoms with Gasteiger partial charge in [0.1, 0.15) is 16.5 Å². The van der Waals surface area contributed by atoms with Gasteiger partial charge in [-0.3, -0.25) is 0 Å². The SMILES string of the molecule is Cc1cccc(Oc2ccc(-c3nc(C(=O)O)cs3)cc2)c1C. The molecule has 0 aliphatic rings. The van der Waals surface area contributed by atoms with Gasteiger partial charge in [0.25, 0.3) is 0 Å². The van der Waals surface area contributed by atoms with Gasteiger partial charge in [-0.15, -0.1) is 11.3 Å². The number of hydrogen-bond acceptors (Lipinski definition) is 4. The Morgan fingerprint density at radius 1 is 1.13 bits per heavy atom. The zero-order chi connectivity index (χ0) is 16.4. The molecular formula is C18H15NO3S. The fraction of sp³-hybridized carbons (Fsp3) is 0.111. The summed E-state index contributed by atoms with van der Waals surface area (Å²) >= 11 is 1.31. The molecule has 1 N–H and O–H groups in total. The van der Waals surface area contributed by atoms with E-state index < -0.39 is 5.97 Å². The summed E-state index contributed by atoms with van der Waals surface area (Å²) in [7, 11) is 0. The van der Waals surface area contributed by atoms with Crippen LogP contribution in [0.15, 0.2) is 47.8 Å². The van der Waals surface area contributed by atoms with Crippen molar-refractivity contribution in [1.82, 2.24) is 4.98 Å². The van der Waals surface area contributed by atoms with Crippen LogP contribution in [0.1, 0.15) is 21.6 Å². The Labute approximate surface area is 138 Å². The largest absolute Gasteiger partial charge is 0.476 e. The Morgan fingerprint density at radius 2 is 1.87 bits per heavy atom. The van der Waals surface area contributed by atoms with E-state index in [1.807, 2.05) is 56.3 Å². The number of hydrogen-bond donors (Lipinski definition) is 1. The first-order chi connectivity index (χ1) is 11.0. The van der Waals surface area contributed by atoms with Crippen molar-refractivity contribution in [2.75, 3.05) is 0 Å². The Balaban J connectivity index is 1.81. The standard InChI is InChI=1S/C18H15NO3S/c1-11-4-3-5-16(12(11)2)22-14-8-6-13(7-9-14)17-19-15(10-23-17)18(20)21/h3-10H,1-2H3,(H,20,21). The van der Waals surface area contributed by atoms with Crippen molar-refractivity contribution in [2.45, 2.75) is 13.8 Å². The van der Waals surface area contributed by atoms with E-state index in [0.29, 0.717) is 5.01 Å². The number of rotatable bonds is 4. The number of aromatic carboxylic acids is 1. The average molecular weight is 325 g/mol. The molecule has 0 saturated carbocycles. The first-order valence-electron chi connectivity index (χ1n) is 7.08. The molecule has 2 aromatic carbocycles. The maximum Gasteiger partial charge on any atom is 0.355 e. The average Bonchev–Trinajstić information content (AvgIpc) is 3.03. The third-order valence-corrected chi connectivity index (χ3v) is 4.50. The van der Waals surface area contributed by atoms with Gasteiger partial charge in [0.15, 0.2) is 5.69 Å². The van der Waals surface area contributed by atoms with Crippen molar-refractivity contribution in [3.63, 3.8) is 0 Å². The monoisotopic (exact) mass is 325 g/mol. The lowest BCUT2D eigenvalue weighted by molar-refractivity contribution is 0.0691. The van der Waals surface area contributed by atoms with Gasteiger partial charge in [0.2, 0.25) is 0 Å². The van der Waals surface area contributed by atoms with Crippen molar-refractivity contribution in [3.8, 4) is 22.1 Å². The number of aryl methyl sites for hydroxylation is 1. The molecule has 3 rings (SSSR count). The highest BCUT2D eigenvalue weighted by Crippen LogP contribution is 2.30. The number of benzene rings is 2. The molecule has 23 heavy (non-hydrogen) atoms. The molecule has 1 aromatic heterocycles. The zero-order valence-corrected chi connectivity index (χ0v) is 13.6. The van der Waals surface area contributed by atoms with Crippen LogP contribution in [0.25, 0.3) is 10.6 Å². The molecule has 116 valence electrons. The minimum absolute atomic E-state index is 0.0701. The van der Waals surface area contributed by atoms with Gasteiger partial charge in [-0.25, -0.2) is 9.78 Å². The molecule has 0 amide bonds. The van der Waals surface area contributed by atoms with E-state index in [0.717, 1.165) is 22.6 Å². The topological polar surface area (TPSA) is 59.4 Å². The van der Waals surface area contributed by atoms with Crippen LogP contribution >= 0.6 is 11.3 Å². The van der Waals surface area contributed by atoms with Crippen molar-refractivity contribution < 1.29 is 14.6 Å². The van der Waals surface area contributed by atoms with Crippen molar-refractivity contribution >= 4 is 17.3 Å². The summed E-state index contributed by atoms with van der Waals surface area (Å²) in [6.45, 7) is 4.08. The van der Waals surface area contributed by atoms with Crippen LogP contribution in [0.3, 0.4) is 0 Å². The quantitative estimate of drug-likeness (QED) is 0.740. The molecule has 0 bridgehead atoms. The fourth-order valence-electron chi connectivity index (χ4n) is 2.13. The van der Waals surface area contributed by atoms with Gasteiger partial charge in [0.05, 0.1) is 0 Å². The highest BCUT2D eigenvalue weighted by atomic mass is 32.1. The van der Waals surface area contributed by atoms with Crippen LogP contribution in [0.5, 0.6) is 11.5 Å².